The van der Waals surface area contributed by atoms with E-state index in [1.54, 1.807) is 0 Å². The van der Waals surface area contributed by atoms with Crippen LogP contribution in [0.25, 0.3) is 0 Å². The summed E-state index contributed by atoms with van der Waals surface area (Å²) in [7, 11) is -2.70. The van der Waals surface area contributed by atoms with Crippen molar-refractivity contribution in [1.29, 1.82) is 0 Å². The predicted octanol–water partition coefficient (Wildman–Crippen LogP) is 0.0301. The molecule has 7 nitrogen and oxygen atoms in total. The molecule has 0 saturated carbocycles. The first-order chi connectivity index (χ1) is 9.94. The maximum absolute atomic E-state index is 12.1. The number of rotatable bonds is 4. The molecule has 0 radical (unpaired) electrons. The molecule has 1 heterocycles. The number of hydrogen-bond donors (Lipinski definition) is 2. The number of hydrogen-bond acceptors (Lipinski definition) is 6. The lowest BCUT2D eigenvalue weighted by Crippen LogP contribution is -2.43. The van der Waals surface area contributed by atoms with Crippen LogP contribution in [0.3, 0.4) is 0 Å². The first-order valence-electron chi connectivity index (χ1n) is 6.42. The number of sulfonamides is 1. The third-order valence-corrected chi connectivity index (χ3v) is 4.56. The van der Waals surface area contributed by atoms with E-state index in [-0.39, 0.29) is 10.5 Å². The topological polar surface area (TPSA) is 102 Å². The summed E-state index contributed by atoms with van der Waals surface area (Å²) in [6, 6.07) is 4.69. The zero-order valence-electron chi connectivity index (χ0n) is 11.5. The van der Waals surface area contributed by atoms with Crippen LogP contribution in [0.15, 0.2) is 29.2 Å². The molecule has 2 rings (SSSR count). The lowest BCUT2D eigenvalue weighted by molar-refractivity contribution is -0.121. The Morgan fingerprint density at radius 3 is 2.48 bits per heavy atom. The van der Waals surface area contributed by atoms with Gasteiger partial charge in [-0.3, -0.25) is 4.79 Å². The van der Waals surface area contributed by atoms with E-state index < -0.39 is 27.9 Å². The molecule has 1 amide bonds. The molecular formula is C13H16N2O5S. The summed E-state index contributed by atoms with van der Waals surface area (Å²) in [4.78, 5) is 23.0. The Hall–Kier alpha value is -1.93. The molecule has 1 atom stereocenters. The zero-order valence-corrected chi connectivity index (χ0v) is 12.3. The van der Waals surface area contributed by atoms with E-state index in [1.807, 2.05) is 4.72 Å². The number of ether oxygens (including phenoxy) is 1. The molecule has 114 valence electrons. The Labute approximate surface area is 122 Å². The number of amides is 1. The molecule has 21 heavy (non-hydrogen) atoms. The first-order valence-corrected chi connectivity index (χ1v) is 7.91. The van der Waals surface area contributed by atoms with E-state index >= 15 is 0 Å². The molecule has 1 aromatic rings. The quantitative estimate of drug-likeness (QED) is 0.761. The monoisotopic (exact) mass is 312 g/mol. The van der Waals surface area contributed by atoms with Gasteiger partial charge in [-0.1, -0.05) is 0 Å². The number of carbonyl (C=O) groups excluding carboxylic acids is 2. The van der Waals surface area contributed by atoms with Gasteiger partial charge in [0.2, 0.25) is 0 Å². The molecule has 1 aliphatic heterocycles. The molecule has 1 aromatic carbocycles. The van der Waals surface area contributed by atoms with E-state index in [0.717, 1.165) is 6.42 Å². The van der Waals surface area contributed by atoms with E-state index in [9.17, 15) is 18.0 Å². The number of carbonyl (C=O) groups is 2. The van der Waals surface area contributed by atoms with Crippen molar-refractivity contribution in [3.63, 3.8) is 0 Å². The molecular weight excluding hydrogens is 296 g/mol. The maximum atomic E-state index is 12.1. The van der Waals surface area contributed by atoms with E-state index in [2.05, 4.69) is 10.1 Å². The fourth-order valence-corrected chi connectivity index (χ4v) is 3.08. The predicted molar refractivity (Wildman–Crippen MR) is 74.1 cm³/mol. The SMILES string of the molecule is COC(=O)c1ccc(S(=O)(=O)NC(=O)C2CCCN2)cc1. The minimum atomic E-state index is -3.94. The fourth-order valence-electron chi connectivity index (χ4n) is 2.06. The second-order valence-corrected chi connectivity index (χ2v) is 6.32. The molecule has 0 aliphatic carbocycles. The van der Waals surface area contributed by atoms with Crippen LogP contribution in [0.1, 0.15) is 23.2 Å². The molecule has 1 fully saturated rings. The highest BCUT2D eigenvalue weighted by atomic mass is 32.2. The van der Waals surface area contributed by atoms with Gasteiger partial charge in [0.05, 0.1) is 23.6 Å². The van der Waals surface area contributed by atoms with E-state index in [1.165, 1.54) is 31.4 Å². The van der Waals surface area contributed by atoms with Gasteiger partial charge in [0, 0.05) is 0 Å². The van der Waals surface area contributed by atoms with E-state index in [0.29, 0.717) is 13.0 Å². The zero-order chi connectivity index (χ0) is 15.5. The van der Waals surface area contributed by atoms with Crippen LogP contribution in [0.5, 0.6) is 0 Å². The summed E-state index contributed by atoms with van der Waals surface area (Å²) in [6.45, 7) is 0.700. The first kappa shape index (κ1) is 15.5. The van der Waals surface area contributed by atoms with Crippen molar-refractivity contribution >= 4 is 21.9 Å². The average Bonchev–Trinajstić information content (AvgIpc) is 3.00. The highest BCUT2D eigenvalue weighted by molar-refractivity contribution is 7.90. The van der Waals surface area contributed by atoms with Crippen LogP contribution in [-0.2, 0) is 19.6 Å². The van der Waals surface area contributed by atoms with Crippen LogP contribution in [-0.4, -0.2) is 40.0 Å². The van der Waals surface area contributed by atoms with Gasteiger partial charge in [-0.15, -0.1) is 0 Å². The Bertz CT molecular complexity index is 633. The number of nitrogens with one attached hydrogen (secondary N) is 2. The number of esters is 1. The molecule has 8 heteroatoms. The van der Waals surface area contributed by atoms with Crippen LogP contribution in [0.2, 0.25) is 0 Å². The van der Waals surface area contributed by atoms with Crippen molar-refractivity contribution in [2.45, 2.75) is 23.8 Å². The van der Waals surface area contributed by atoms with Gasteiger partial charge < -0.3 is 10.1 Å². The van der Waals surface area contributed by atoms with Crippen molar-refractivity contribution in [2.75, 3.05) is 13.7 Å². The number of methoxy groups -OCH3 is 1. The van der Waals surface area contributed by atoms with Crippen molar-refractivity contribution in [2.24, 2.45) is 0 Å². The third-order valence-electron chi connectivity index (χ3n) is 3.20. The maximum Gasteiger partial charge on any atom is 0.337 e. The lowest BCUT2D eigenvalue weighted by Gasteiger charge is -2.11. The van der Waals surface area contributed by atoms with Crippen molar-refractivity contribution < 1.29 is 22.7 Å². The Kier molecular flexibility index (Phi) is 4.59. The van der Waals surface area contributed by atoms with Crippen molar-refractivity contribution in [3.05, 3.63) is 29.8 Å². The fraction of sp³-hybridized carbons (Fsp3) is 0.385. The largest absolute Gasteiger partial charge is 0.465 e. The standard InChI is InChI=1S/C13H16N2O5S/c1-20-13(17)9-4-6-10(7-5-9)21(18,19)15-12(16)11-3-2-8-14-11/h4-7,11,14H,2-3,8H2,1H3,(H,15,16). The van der Waals surface area contributed by atoms with Crippen molar-refractivity contribution in [1.82, 2.24) is 10.0 Å². The molecule has 2 N–H and O–H groups in total. The second-order valence-electron chi connectivity index (χ2n) is 4.63. The molecule has 0 aromatic heterocycles. The molecule has 1 saturated heterocycles. The normalized spacial score (nSPS) is 18.2. The Morgan fingerprint density at radius 2 is 1.95 bits per heavy atom. The highest BCUT2D eigenvalue weighted by Crippen LogP contribution is 2.12. The minimum Gasteiger partial charge on any atom is -0.465 e. The van der Waals surface area contributed by atoms with Gasteiger partial charge in [0.1, 0.15) is 0 Å². The molecule has 0 bridgehead atoms. The van der Waals surface area contributed by atoms with Crippen LogP contribution < -0.4 is 10.0 Å². The smallest absolute Gasteiger partial charge is 0.337 e. The lowest BCUT2D eigenvalue weighted by atomic mass is 10.2. The summed E-state index contributed by atoms with van der Waals surface area (Å²) in [5.41, 5.74) is 0.236. The summed E-state index contributed by atoms with van der Waals surface area (Å²) >= 11 is 0. The van der Waals surface area contributed by atoms with Crippen LogP contribution in [0.4, 0.5) is 0 Å². The van der Waals surface area contributed by atoms with Gasteiger partial charge in [0.25, 0.3) is 15.9 Å². The third kappa shape index (κ3) is 3.59. The molecule has 1 aliphatic rings. The Balaban J connectivity index is 2.11. The van der Waals surface area contributed by atoms with Gasteiger partial charge in [0.15, 0.2) is 0 Å². The Morgan fingerprint density at radius 1 is 1.29 bits per heavy atom. The van der Waals surface area contributed by atoms with E-state index in [4.69, 9.17) is 0 Å². The second kappa shape index (κ2) is 6.23. The minimum absolute atomic E-state index is 0.0819. The van der Waals surface area contributed by atoms with Gasteiger partial charge in [-0.2, -0.15) is 0 Å². The summed E-state index contributed by atoms with van der Waals surface area (Å²) in [5.74, 6) is -1.12. The molecule has 1 unspecified atom stereocenters. The summed E-state index contributed by atoms with van der Waals surface area (Å²) in [6.07, 6.45) is 1.45. The van der Waals surface area contributed by atoms with Gasteiger partial charge in [-0.25, -0.2) is 17.9 Å². The van der Waals surface area contributed by atoms with Crippen LogP contribution in [0, 0.1) is 0 Å². The van der Waals surface area contributed by atoms with Crippen LogP contribution >= 0.6 is 0 Å². The van der Waals surface area contributed by atoms with Crippen molar-refractivity contribution in [3.8, 4) is 0 Å². The summed E-state index contributed by atoms with van der Waals surface area (Å²) in [5, 5.41) is 2.92. The van der Waals surface area contributed by atoms with Gasteiger partial charge in [-0.05, 0) is 43.7 Å². The highest BCUT2D eigenvalue weighted by Gasteiger charge is 2.26. The average molecular weight is 312 g/mol. The summed E-state index contributed by atoms with van der Waals surface area (Å²) < 4.78 is 30.7. The molecule has 0 spiro atoms. The number of benzene rings is 1. The van der Waals surface area contributed by atoms with Gasteiger partial charge >= 0.3 is 5.97 Å².